The summed E-state index contributed by atoms with van der Waals surface area (Å²) in [6.07, 6.45) is 1.71. The third-order valence-corrected chi connectivity index (χ3v) is 4.11. The van der Waals surface area contributed by atoms with Crippen LogP contribution in [0, 0.1) is 0 Å². The minimum atomic E-state index is 0.00470. The maximum atomic E-state index is 5.70. The van der Waals surface area contributed by atoms with Crippen molar-refractivity contribution in [2.45, 2.75) is 26.8 Å². The number of hydrogen-bond acceptors (Lipinski definition) is 4. The molecule has 0 unspecified atom stereocenters. The zero-order valence-corrected chi connectivity index (χ0v) is 17.5. The summed E-state index contributed by atoms with van der Waals surface area (Å²) in [7, 11) is 0. The van der Waals surface area contributed by atoms with Gasteiger partial charge in [-0.15, -0.1) is 0 Å². The van der Waals surface area contributed by atoms with Crippen molar-refractivity contribution in [3.63, 3.8) is 0 Å². The number of ether oxygens (including phenoxy) is 3. The molecule has 0 aromatic heterocycles. The summed E-state index contributed by atoms with van der Waals surface area (Å²) in [5.41, 5.74) is 1.95. The molecular formula is C22H28N2O3S. The Kier molecular flexibility index (Phi) is 8.62. The first-order valence-corrected chi connectivity index (χ1v) is 9.79. The maximum Gasteiger partial charge on any atom is 0.171 e. The summed E-state index contributed by atoms with van der Waals surface area (Å²) in [4.78, 5) is 0. The zero-order valence-electron chi connectivity index (χ0n) is 16.7. The maximum absolute atomic E-state index is 5.70. The molecule has 0 aliphatic carbocycles. The third kappa shape index (κ3) is 6.46. The van der Waals surface area contributed by atoms with Gasteiger partial charge in [-0.1, -0.05) is 18.7 Å². The van der Waals surface area contributed by atoms with Gasteiger partial charge in [-0.25, -0.2) is 0 Å². The van der Waals surface area contributed by atoms with E-state index in [4.69, 9.17) is 26.4 Å². The minimum absolute atomic E-state index is 0.00470. The summed E-state index contributed by atoms with van der Waals surface area (Å²) < 4.78 is 16.8. The van der Waals surface area contributed by atoms with Crippen molar-refractivity contribution in [3.05, 3.63) is 60.7 Å². The minimum Gasteiger partial charge on any atom is -0.490 e. The van der Waals surface area contributed by atoms with E-state index in [0.717, 1.165) is 28.5 Å². The second-order valence-corrected chi connectivity index (χ2v) is 6.42. The second-order valence-electron chi connectivity index (χ2n) is 6.02. The lowest BCUT2D eigenvalue weighted by Gasteiger charge is -2.19. The molecule has 2 N–H and O–H groups in total. The Hall–Kier alpha value is -2.73. The summed E-state index contributed by atoms with van der Waals surface area (Å²) in [5.74, 6) is 2.28. The summed E-state index contributed by atoms with van der Waals surface area (Å²) in [6.45, 7) is 11.3. The van der Waals surface area contributed by atoms with Gasteiger partial charge < -0.3 is 24.8 Å². The topological polar surface area (TPSA) is 51.8 Å². The molecule has 0 radical (unpaired) electrons. The molecule has 5 nitrogen and oxygen atoms in total. The molecule has 2 aromatic rings. The Morgan fingerprint density at radius 1 is 1.04 bits per heavy atom. The van der Waals surface area contributed by atoms with Crippen LogP contribution >= 0.6 is 12.2 Å². The fourth-order valence-corrected chi connectivity index (χ4v) is 2.87. The average Bonchev–Trinajstić information content (AvgIpc) is 2.69. The van der Waals surface area contributed by atoms with Gasteiger partial charge in [-0.3, -0.25) is 0 Å². The van der Waals surface area contributed by atoms with Gasteiger partial charge >= 0.3 is 0 Å². The molecule has 1 atom stereocenters. The molecule has 0 aliphatic heterocycles. The van der Waals surface area contributed by atoms with E-state index in [1.165, 1.54) is 0 Å². The van der Waals surface area contributed by atoms with Crippen LogP contribution in [0.3, 0.4) is 0 Å². The van der Waals surface area contributed by atoms with Crippen molar-refractivity contribution in [1.29, 1.82) is 0 Å². The quantitative estimate of drug-likeness (QED) is 0.428. The number of rotatable bonds is 10. The summed E-state index contributed by atoms with van der Waals surface area (Å²) >= 11 is 5.44. The first-order valence-electron chi connectivity index (χ1n) is 9.38. The Bertz CT molecular complexity index is 778. The van der Waals surface area contributed by atoms with E-state index in [2.05, 4.69) is 17.2 Å². The van der Waals surface area contributed by atoms with Crippen molar-refractivity contribution in [1.82, 2.24) is 5.32 Å². The molecule has 2 rings (SSSR count). The summed E-state index contributed by atoms with van der Waals surface area (Å²) in [5, 5.41) is 7.02. The molecule has 0 spiro atoms. The molecule has 0 heterocycles. The Morgan fingerprint density at radius 2 is 1.71 bits per heavy atom. The van der Waals surface area contributed by atoms with Crippen LogP contribution in [-0.4, -0.2) is 24.9 Å². The number of benzene rings is 2. The van der Waals surface area contributed by atoms with E-state index >= 15 is 0 Å². The number of anilines is 1. The predicted molar refractivity (Wildman–Crippen MR) is 119 cm³/mol. The van der Waals surface area contributed by atoms with Crippen LogP contribution in [0.2, 0.25) is 0 Å². The number of thiocarbonyl (C=S) groups is 1. The molecule has 28 heavy (non-hydrogen) atoms. The van der Waals surface area contributed by atoms with Crippen LogP contribution in [0.25, 0.3) is 0 Å². The van der Waals surface area contributed by atoms with Crippen LogP contribution in [0.1, 0.15) is 32.4 Å². The second kappa shape index (κ2) is 11.2. The first-order chi connectivity index (χ1) is 13.6. The van der Waals surface area contributed by atoms with Crippen molar-refractivity contribution >= 4 is 23.0 Å². The van der Waals surface area contributed by atoms with Gasteiger partial charge in [-0.05, 0) is 75.0 Å². The first kappa shape index (κ1) is 21.6. The number of nitrogens with one attached hydrogen (secondary N) is 2. The van der Waals surface area contributed by atoms with Gasteiger partial charge in [0.2, 0.25) is 0 Å². The predicted octanol–water partition coefficient (Wildman–Crippen LogP) is 5.10. The van der Waals surface area contributed by atoms with Crippen molar-refractivity contribution in [2.75, 3.05) is 25.1 Å². The molecule has 0 aliphatic rings. The zero-order chi connectivity index (χ0) is 20.4. The fraction of sp³-hybridized carbons (Fsp3) is 0.318. The molecule has 0 saturated carbocycles. The van der Waals surface area contributed by atoms with Crippen LogP contribution in [0.15, 0.2) is 55.1 Å². The smallest absolute Gasteiger partial charge is 0.171 e. The average molecular weight is 401 g/mol. The fourth-order valence-electron chi connectivity index (χ4n) is 2.57. The molecule has 0 fully saturated rings. The summed E-state index contributed by atoms with van der Waals surface area (Å²) in [6, 6.07) is 13.5. The molecule has 6 heteroatoms. The van der Waals surface area contributed by atoms with Crippen LogP contribution in [-0.2, 0) is 0 Å². The van der Waals surface area contributed by atoms with Crippen molar-refractivity contribution in [3.8, 4) is 17.2 Å². The van der Waals surface area contributed by atoms with Gasteiger partial charge in [0, 0.05) is 5.69 Å². The number of hydrogen-bond donors (Lipinski definition) is 2. The monoisotopic (exact) mass is 400 g/mol. The van der Waals surface area contributed by atoms with E-state index in [9.17, 15) is 0 Å². The van der Waals surface area contributed by atoms with Crippen LogP contribution in [0.4, 0.5) is 5.69 Å². The molecule has 0 amide bonds. The standard InChI is InChI=1S/C22H28N2O3S/c1-5-14-27-19-11-9-18(10-12-19)24-22(28)23-16(4)17-8-13-20(25-6-2)21(15-17)26-7-3/h5,8-13,15-16H,1,6-7,14H2,2-4H3,(H2,23,24,28)/t16-/m1/s1. The van der Waals surface area contributed by atoms with Crippen molar-refractivity contribution < 1.29 is 14.2 Å². The van der Waals surface area contributed by atoms with Gasteiger partial charge in [-0.2, -0.15) is 0 Å². The molecule has 0 bridgehead atoms. The Morgan fingerprint density at radius 3 is 2.36 bits per heavy atom. The normalized spacial score (nSPS) is 11.2. The van der Waals surface area contributed by atoms with Crippen molar-refractivity contribution in [2.24, 2.45) is 0 Å². The van der Waals surface area contributed by atoms with Gasteiger partial charge in [0.15, 0.2) is 16.6 Å². The van der Waals surface area contributed by atoms with E-state index in [-0.39, 0.29) is 6.04 Å². The SMILES string of the molecule is C=CCOc1ccc(NC(=S)N[C@H](C)c2ccc(OCC)c(OCC)c2)cc1. The highest BCUT2D eigenvalue weighted by Crippen LogP contribution is 2.30. The lowest BCUT2D eigenvalue weighted by molar-refractivity contribution is 0.287. The van der Waals surface area contributed by atoms with Crippen LogP contribution in [0.5, 0.6) is 17.2 Å². The Labute approximate surface area is 172 Å². The van der Waals surface area contributed by atoms with E-state index < -0.39 is 0 Å². The van der Waals surface area contributed by atoms with E-state index in [0.29, 0.717) is 24.9 Å². The van der Waals surface area contributed by atoms with E-state index in [1.807, 2.05) is 63.2 Å². The van der Waals surface area contributed by atoms with Gasteiger partial charge in [0.25, 0.3) is 0 Å². The third-order valence-electron chi connectivity index (χ3n) is 3.90. The lowest BCUT2D eigenvalue weighted by atomic mass is 10.1. The highest BCUT2D eigenvalue weighted by atomic mass is 32.1. The molecule has 150 valence electrons. The molecular weight excluding hydrogens is 372 g/mol. The van der Waals surface area contributed by atoms with Gasteiger partial charge in [0.1, 0.15) is 12.4 Å². The lowest BCUT2D eigenvalue weighted by Crippen LogP contribution is -2.30. The van der Waals surface area contributed by atoms with Gasteiger partial charge in [0.05, 0.1) is 19.3 Å². The highest BCUT2D eigenvalue weighted by Gasteiger charge is 2.12. The molecule has 2 aromatic carbocycles. The van der Waals surface area contributed by atoms with Crippen LogP contribution < -0.4 is 24.8 Å². The van der Waals surface area contributed by atoms with E-state index in [1.54, 1.807) is 6.08 Å². The highest BCUT2D eigenvalue weighted by molar-refractivity contribution is 7.80. The Balaban J connectivity index is 1.97. The largest absolute Gasteiger partial charge is 0.490 e. The molecule has 0 saturated heterocycles.